The van der Waals surface area contributed by atoms with Crippen LogP contribution in [0.1, 0.15) is 5.56 Å². The smallest absolute Gasteiger partial charge is 0.414 e. The molecule has 2 aromatic carbocycles. The highest BCUT2D eigenvalue weighted by Gasteiger charge is 2.16. The number of amides is 1. The lowest BCUT2D eigenvalue weighted by Crippen LogP contribution is -2.33. The van der Waals surface area contributed by atoms with Gasteiger partial charge in [-0.2, -0.15) is 12.6 Å². The van der Waals surface area contributed by atoms with Crippen LogP contribution in [0.25, 0.3) is 0 Å². The average Bonchev–Trinajstić information content (AvgIpc) is 2.52. The molecule has 0 aliphatic carbocycles. The van der Waals surface area contributed by atoms with Crippen LogP contribution in [-0.2, 0) is 11.3 Å². The molecule has 3 nitrogen and oxygen atoms in total. The topological polar surface area (TPSA) is 29.5 Å². The zero-order valence-corrected chi connectivity index (χ0v) is 12.3. The molecule has 110 valence electrons. The standard InChI is InChI=1S/C16H16FNO2S/c17-14-6-8-15(9-7-14)18(10-11-21)16(19)20-12-13-4-2-1-3-5-13/h1-9,21H,10-12H2. The van der Waals surface area contributed by atoms with Gasteiger partial charge in [-0.1, -0.05) is 30.3 Å². The number of carbonyl (C=O) groups is 1. The van der Waals surface area contributed by atoms with Gasteiger partial charge in [0.1, 0.15) is 12.4 Å². The summed E-state index contributed by atoms with van der Waals surface area (Å²) < 4.78 is 18.2. The van der Waals surface area contributed by atoms with Crippen molar-refractivity contribution in [2.75, 3.05) is 17.2 Å². The summed E-state index contributed by atoms with van der Waals surface area (Å²) in [6.45, 7) is 0.590. The Morgan fingerprint density at radius 3 is 2.38 bits per heavy atom. The molecule has 2 rings (SSSR count). The molecule has 0 N–H and O–H groups in total. The first-order valence-electron chi connectivity index (χ1n) is 6.55. The van der Waals surface area contributed by atoms with E-state index in [0.29, 0.717) is 18.0 Å². The first-order valence-corrected chi connectivity index (χ1v) is 7.18. The predicted molar refractivity (Wildman–Crippen MR) is 84.2 cm³/mol. The molecule has 0 bridgehead atoms. The molecular formula is C16H16FNO2S. The van der Waals surface area contributed by atoms with E-state index in [1.165, 1.54) is 17.0 Å². The number of hydrogen-bond donors (Lipinski definition) is 1. The Kier molecular flexibility index (Phi) is 5.63. The van der Waals surface area contributed by atoms with Crippen LogP contribution in [0.3, 0.4) is 0 Å². The molecule has 0 radical (unpaired) electrons. The second-order valence-corrected chi connectivity index (χ2v) is 4.84. The molecular weight excluding hydrogens is 289 g/mol. The first kappa shape index (κ1) is 15.4. The highest BCUT2D eigenvalue weighted by atomic mass is 32.1. The van der Waals surface area contributed by atoms with Gasteiger partial charge in [-0.15, -0.1) is 0 Å². The Balaban J connectivity index is 2.03. The average molecular weight is 305 g/mol. The van der Waals surface area contributed by atoms with Gasteiger partial charge in [0.25, 0.3) is 0 Å². The van der Waals surface area contributed by atoms with Gasteiger partial charge in [-0.05, 0) is 29.8 Å². The third-order valence-corrected chi connectivity index (χ3v) is 3.09. The summed E-state index contributed by atoms with van der Waals surface area (Å²) in [6, 6.07) is 15.1. The van der Waals surface area contributed by atoms with Crippen LogP contribution in [0.4, 0.5) is 14.9 Å². The van der Waals surface area contributed by atoms with Crippen LogP contribution in [0.2, 0.25) is 0 Å². The summed E-state index contributed by atoms with van der Waals surface area (Å²) in [4.78, 5) is 13.6. The fourth-order valence-electron chi connectivity index (χ4n) is 1.84. The molecule has 0 fully saturated rings. The molecule has 0 aliphatic rings. The van der Waals surface area contributed by atoms with E-state index in [4.69, 9.17) is 4.74 Å². The van der Waals surface area contributed by atoms with E-state index < -0.39 is 6.09 Å². The number of thiol groups is 1. The fraction of sp³-hybridized carbons (Fsp3) is 0.188. The van der Waals surface area contributed by atoms with E-state index in [2.05, 4.69) is 12.6 Å². The number of ether oxygens (including phenoxy) is 1. The first-order chi connectivity index (χ1) is 10.2. The van der Waals surface area contributed by atoms with Crippen molar-refractivity contribution in [1.29, 1.82) is 0 Å². The molecule has 0 aliphatic heterocycles. The Morgan fingerprint density at radius 2 is 1.76 bits per heavy atom. The van der Waals surface area contributed by atoms with Gasteiger partial charge >= 0.3 is 6.09 Å². The van der Waals surface area contributed by atoms with Gasteiger partial charge in [0.2, 0.25) is 0 Å². The summed E-state index contributed by atoms with van der Waals surface area (Å²) in [5, 5.41) is 0. The molecule has 0 heterocycles. The van der Waals surface area contributed by atoms with Crippen LogP contribution in [0.5, 0.6) is 0 Å². The zero-order chi connectivity index (χ0) is 15.1. The summed E-state index contributed by atoms with van der Waals surface area (Å²) in [5.41, 5.74) is 1.50. The van der Waals surface area contributed by atoms with E-state index in [1.54, 1.807) is 12.1 Å². The molecule has 21 heavy (non-hydrogen) atoms. The second kappa shape index (κ2) is 7.69. The number of carbonyl (C=O) groups excluding carboxylic acids is 1. The van der Waals surface area contributed by atoms with Crippen molar-refractivity contribution in [2.24, 2.45) is 0 Å². The van der Waals surface area contributed by atoms with Gasteiger partial charge in [0.15, 0.2) is 0 Å². The monoisotopic (exact) mass is 305 g/mol. The van der Waals surface area contributed by atoms with E-state index in [-0.39, 0.29) is 12.4 Å². The minimum Gasteiger partial charge on any atom is -0.444 e. The van der Waals surface area contributed by atoms with E-state index >= 15 is 0 Å². The minimum absolute atomic E-state index is 0.198. The molecule has 0 saturated heterocycles. The normalized spacial score (nSPS) is 10.2. The third-order valence-electron chi connectivity index (χ3n) is 2.89. The van der Waals surface area contributed by atoms with Crippen LogP contribution in [-0.4, -0.2) is 18.4 Å². The number of benzene rings is 2. The van der Waals surface area contributed by atoms with Gasteiger partial charge in [-0.3, -0.25) is 4.90 Å². The number of nitrogens with zero attached hydrogens (tertiary/aromatic N) is 1. The van der Waals surface area contributed by atoms with Crippen LogP contribution in [0.15, 0.2) is 54.6 Å². The van der Waals surface area contributed by atoms with Crippen molar-refractivity contribution in [3.63, 3.8) is 0 Å². The van der Waals surface area contributed by atoms with Crippen LogP contribution >= 0.6 is 12.6 Å². The molecule has 0 atom stereocenters. The van der Waals surface area contributed by atoms with Crippen molar-refractivity contribution in [3.05, 3.63) is 66.0 Å². The van der Waals surface area contributed by atoms with Crippen molar-refractivity contribution in [3.8, 4) is 0 Å². The largest absolute Gasteiger partial charge is 0.444 e. The van der Waals surface area contributed by atoms with Crippen molar-refractivity contribution in [1.82, 2.24) is 0 Å². The molecule has 0 aromatic heterocycles. The van der Waals surface area contributed by atoms with Gasteiger partial charge < -0.3 is 4.74 Å². The van der Waals surface area contributed by atoms with Gasteiger partial charge in [-0.25, -0.2) is 9.18 Å². The summed E-state index contributed by atoms with van der Waals surface area (Å²) >= 11 is 4.14. The minimum atomic E-state index is -0.473. The Labute approximate surface area is 128 Å². The lowest BCUT2D eigenvalue weighted by Gasteiger charge is -2.21. The lowest BCUT2D eigenvalue weighted by atomic mass is 10.2. The highest BCUT2D eigenvalue weighted by molar-refractivity contribution is 7.80. The maximum Gasteiger partial charge on any atom is 0.414 e. The van der Waals surface area contributed by atoms with E-state index in [1.807, 2.05) is 30.3 Å². The van der Waals surface area contributed by atoms with Gasteiger partial charge in [0, 0.05) is 18.0 Å². The Morgan fingerprint density at radius 1 is 1.10 bits per heavy atom. The summed E-state index contributed by atoms with van der Waals surface area (Å²) in [7, 11) is 0. The van der Waals surface area contributed by atoms with Crippen LogP contribution in [0, 0.1) is 5.82 Å². The number of rotatable bonds is 5. The summed E-state index contributed by atoms with van der Waals surface area (Å²) in [5.74, 6) is 0.139. The lowest BCUT2D eigenvalue weighted by molar-refractivity contribution is 0.147. The van der Waals surface area contributed by atoms with E-state index in [9.17, 15) is 9.18 Å². The van der Waals surface area contributed by atoms with E-state index in [0.717, 1.165) is 5.56 Å². The molecule has 0 spiro atoms. The predicted octanol–water partition coefficient (Wildman–Crippen LogP) is 3.90. The summed E-state index contributed by atoms with van der Waals surface area (Å²) in [6.07, 6.45) is -0.473. The van der Waals surface area contributed by atoms with Crippen LogP contribution < -0.4 is 4.90 Å². The Hall–Kier alpha value is -2.01. The Bertz CT molecular complexity index is 575. The maximum atomic E-state index is 13.0. The molecule has 0 unspecified atom stereocenters. The quantitative estimate of drug-likeness (QED) is 0.849. The maximum absolute atomic E-state index is 13.0. The second-order valence-electron chi connectivity index (χ2n) is 4.39. The van der Waals surface area contributed by atoms with Crippen molar-refractivity contribution < 1.29 is 13.9 Å². The molecule has 5 heteroatoms. The van der Waals surface area contributed by atoms with Crippen molar-refractivity contribution >= 4 is 24.4 Å². The van der Waals surface area contributed by atoms with Crippen molar-refractivity contribution in [2.45, 2.75) is 6.61 Å². The fourth-order valence-corrected chi connectivity index (χ4v) is 2.04. The zero-order valence-electron chi connectivity index (χ0n) is 11.4. The third kappa shape index (κ3) is 4.49. The number of anilines is 1. The molecule has 1 amide bonds. The number of hydrogen-bond acceptors (Lipinski definition) is 3. The molecule has 2 aromatic rings. The SMILES string of the molecule is O=C(OCc1ccccc1)N(CCS)c1ccc(F)cc1. The number of halogens is 1. The highest BCUT2D eigenvalue weighted by Crippen LogP contribution is 2.16. The van der Waals surface area contributed by atoms with Gasteiger partial charge in [0.05, 0.1) is 0 Å². The molecule has 0 saturated carbocycles.